The van der Waals surface area contributed by atoms with Crippen LogP contribution in [0.25, 0.3) is 0 Å². The number of methoxy groups -OCH3 is 1. The standard InChI is InChI=1S/C14H17N3O/c1-18-13-7-4-5-11(9-13)14(17-15)10-12-6-2-3-8-16-12/h2-9,14,17H,10,15H2,1H3. The number of benzene rings is 1. The number of hydrazine groups is 1. The SMILES string of the molecule is COc1cccc(C(Cc2ccccn2)NN)c1. The zero-order valence-corrected chi connectivity index (χ0v) is 10.3. The van der Waals surface area contributed by atoms with Crippen LogP contribution in [-0.4, -0.2) is 12.1 Å². The van der Waals surface area contributed by atoms with Crippen molar-refractivity contribution in [2.75, 3.05) is 7.11 Å². The van der Waals surface area contributed by atoms with Gasteiger partial charge in [0.2, 0.25) is 0 Å². The van der Waals surface area contributed by atoms with Crippen LogP contribution in [0.5, 0.6) is 5.75 Å². The third-order valence-corrected chi connectivity index (χ3v) is 2.84. The third-order valence-electron chi connectivity index (χ3n) is 2.84. The van der Waals surface area contributed by atoms with Gasteiger partial charge in [0, 0.05) is 18.3 Å². The molecule has 0 aliphatic heterocycles. The van der Waals surface area contributed by atoms with Gasteiger partial charge < -0.3 is 4.74 Å². The molecule has 2 aromatic rings. The summed E-state index contributed by atoms with van der Waals surface area (Å²) in [5, 5.41) is 0. The van der Waals surface area contributed by atoms with E-state index in [2.05, 4.69) is 10.4 Å². The number of hydrogen-bond donors (Lipinski definition) is 2. The molecule has 0 spiro atoms. The van der Waals surface area contributed by atoms with Crippen LogP contribution in [-0.2, 0) is 6.42 Å². The molecule has 0 aliphatic carbocycles. The van der Waals surface area contributed by atoms with Crippen LogP contribution < -0.4 is 16.0 Å². The van der Waals surface area contributed by atoms with E-state index >= 15 is 0 Å². The molecule has 2 rings (SSSR count). The van der Waals surface area contributed by atoms with Crippen molar-refractivity contribution >= 4 is 0 Å². The Balaban J connectivity index is 2.17. The highest BCUT2D eigenvalue weighted by Gasteiger charge is 2.11. The van der Waals surface area contributed by atoms with Gasteiger partial charge in [-0.3, -0.25) is 16.3 Å². The van der Waals surface area contributed by atoms with E-state index in [9.17, 15) is 0 Å². The van der Waals surface area contributed by atoms with Gasteiger partial charge >= 0.3 is 0 Å². The van der Waals surface area contributed by atoms with Gasteiger partial charge in [-0.2, -0.15) is 0 Å². The van der Waals surface area contributed by atoms with Crippen LogP contribution in [0, 0.1) is 0 Å². The van der Waals surface area contributed by atoms with Gasteiger partial charge in [-0.15, -0.1) is 0 Å². The topological polar surface area (TPSA) is 60.2 Å². The van der Waals surface area contributed by atoms with Crippen LogP contribution in [0.3, 0.4) is 0 Å². The van der Waals surface area contributed by atoms with Crippen molar-refractivity contribution in [1.29, 1.82) is 0 Å². The summed E-state index contributed by atoms with van der Waals surface area (Å²) in [6.45, 7) is 0. The molecule has 0 amide bonds. The number of nitrogens with two attached hydrogens (primary N) is 1. The van der Waals surface area contributed by atoms with E-state index in [4.69, 9.17) is 10.6 Å². The first-order chi connectivity index (χ1) is 8.83. The van der Waals surface area contributed by atoms with Gasteiger partial charge in [0.1, 0.15) is 5.75 Å². The summed E-state index contributed by atoms with van der Waals surface area (Å²) in [5.41, 5.74) is 4.91. The summed E-state index contributed by atoms with van der Waals surface area (Å²) in [6, 6.07) is 13.8. The first kappa shape index (κ1) is 12.5. The molecular weight excluding hydrogens is 226 g/mol. The molecule has 1 aromatic heterocycles. The maximum Gasteiger partial charge on any atom is 0.119 e. The minimum absolute atomic E-state index is 0.0231. The molecular formula is C14H17N3O. The number of hydrogen-bond acceptors (Lipinski definition) is 4. The molecule has 0 radical (unpaired) electrons. The molecule has 18 heavy (non-hydrogen) atoms. The summed E-state index contributed by atoms with van der Waals surface area (Å²) in [7, 11) is 1.66. The van der Waals surface area contributed by atoms with Gasteiger partial charge in [-0.05, 0) is 29.8 Å². The lowest BCUT2D eigenvalue weighted by Crippen LogP contribution is -2.29. The molecule has 4 nitrogen and oxygen atoms in total. The highest BCUT2D eigenvalue weighted by molar-refractivity contribution is 5.31. The number of nitrogens with one attached hydrogen (secondary N) is 1. The van der Waals surface area contributed by atoms with E-state index in [1.54, 1.807) is 13.3 Å². The molecule has 0 saturated heterocycles. The number of aromatic nitrogens is 1. The quantitative estimate of drug-likeness (QED) is 0.621. The van der Waals surface area contributed by atoms with E-state index in [1.165, 1.54) is 0 Å². The van der Waals surface area contributed by atoms with Gasteiger partial charge in [-0.1, -0.05) is 18.2 Å². The fraction of sp³-hybridized carbons (Fsp3) is 0.214. The first-order valence-corrected chi connectivity index (χ1v) is 5.83. The molecule has 0 aliphatic rings. The lowest BCUT2D eigenvalue weighted by Gasteiger charge is -2.16. The first-order valence-electron chi connectivity index (χ1n) is 5.83. The molecule has 4 heteroatoms. The van der Waals surface area contributed by atoms with Gasteiger partial charge in [-0.25, -0.2) is 0 Å². The van der Waals surface area contributed by atoms with Crippen molar-refractivity contribution in [2.24, 2.45) is 5.84 Å². The lowest BCUT2D eigenvalue weighted by molar-refractivity contribution is 0.413. The smallest absolute Gasteiger partial charge is 0.119 e. The molecule has 1 heterocycles. The second kappa shape index (κ2) is 6.14. The average Bonchev–Trinajstić information content (AvgIpc) is 2.46. The molecule has 1 atom stereocenters. The normalized spacial score (nSPS) is 12.1. The highest BCUT2D eigenvalue weighted by Crippen LogP contribution is 2.21. The van der Waals surface area contributed by atoms with Crippen LogP contribution in [0.15, 0.2) is 48.7 Å². The summed E-state index contributed by atoms with van der Waals surface area (Å²) in [4.78, 5) is 4.31. The Labute approximate surface area is 107 Å². The van der Waals surface area contributed by atoms with E-state index < -0.39 is 0 Å². The van der Waals surface area contributed by atoms with Gasteiger partial charge in [0.15, 0.2) is 0 Å². The molecule has 3 N–H and O–H groups in total. The molecule has 0 saturated carbocycles. The van der Waals surface area contributed by atoms with Crippen molar-refractivity contribution in [2.45, 2.75) is 12.5 Å². The molecule has 0 fully saturated rings. The maximum atomic E-state index is 5.63. The predicted molar refractivity (Wildman–Crippen MR) is 71.0 cm³/mol. The molecule has 0 bridgehead atoms. The Kier molecular flexibility index (Phi) is 4.28. The Hall–Kier alpha value is -1.91. The van der Waals surface area contributed by atoms with E-state index in [-0.39, 0.29) is 6.04 Å². The van der Waals surface area contributed by atoms with Crippen molar-refractivity contribution in [3.63, 3.8) is 0 Å². The van der Waals surface area contributed by atoms with Crippen molar-refractivity contribution in [3.05, 3.63) is 59.9 Å². The van der Waals surface area contributed by atoms with Crippen LogP contribution in [0.2, 0.25) is 0 Å². The minimum Gasteiger partial charge on any atom is -0.497 e. The third kappa shape index (κ3) is 3.06. The second-order valence-electron chi connectivity index (χ2n) is 4.02. The van der Waals surface area contributed by atoms with Crippen molar-refractivity contribution in [1.82, 2.24) is 10.4 Å². The van der Waals surface area contributed by atoms with Crippen LogP contribution in [0.1, 0.15) is 17.3 Å². The van der Waals surface area contributed by atoms with E-state index in [0.29, 0.717) is 0 Å². The van der Waals surface area contributed by atoms with E-state index in [0.717, 1.165) is 23.4 Å². The van der Waals surface area contributed by atoms with Crippen molar-refractivity contribution < 1.29 is 4.74 Å². The van der Waals surface area contributed by atoms with Gasteiger partial charge in [0.25, 0.3) is 0 Å². The predicted octanol–water partition coefficient (Wildman–Crippen LogP) is 1.84. The molecule has 1 unspecified atom stereocenters. The van der Waals surface area contributed by atoms with Crippen molar-refractivity contribution in [3.8, 4) is 5.75 Å². The van der Waals surface area contributed by atoms with Gasteiger partial charge in [0.05, 0.1) is 13.2 Å². The Morgan fingerprint density at radius 3 is 2.83 bits per heavy atom. The second-order valence-corrected chi connectivity index (χ2v) is 4.02. The number of rotatable bonds is 5. The average molecular weight is 243 g/mol. The number of pyridine rings is 1. The maximum absolute atomic E-state index is 5.63. The monoisotopic (exact) mass is 243 g/mol. The largest absolute Gasteiger partial charge is 0.497 e. The highest BCUT2D eigenvalue weighted by atomic mass is 16.5. The lowest BCUT2D eigenvalue weighted by atomic mass is 10.0. The minimum atomic E-state index is 0.0231. The molecule has 94 valence electrons. The van der Waals surface area contributed by atoms with Crippen LogP contribution >= 0.6 is 0 Å². The fourth-order valence-electron chi connectivity index (χ4n) is 1.86. The van der Waals surface area contributed by atoms with E-state index in [1.807, 2.05) is 42.5 Å². The fourth-order valence-corrected chi connectivity index (χ4v) is 1.86. The Bertz CT molecular complexity index is 487. The Morgan fingerprint density at radius 2 is 2.17 bits per heavy atom. The summed E-state index contributed by atoms with van der Waals surface area (Å²) in [6.07, 6.45) is 2.53. The number of ether oxygens (including phenoxy) is 1. The zero-order chi connectivity index (χ0) is 12.8. The Morgan fingerprint density at radius 1 is 1.28 bits per heavy atom. The summed E-state index contributed by atoms with van der Waals surface area (Å²) < 4.78 is 5.22. The van der Waals surface area contributed by atoms with Crippen LogP contribution in [0.4, 0.5) is 0 Å². The molecule has 1 aromatic carbocycles. The summed E-state index contributed by atoms with van der Waals surface area (Å²) >= 11 is 0. The summed E-state index contributed by atoms with van der Waals surface area (Å²) in [5.74, 6) is 6.45. The number of nitrogens with zero attached hydrogens (tertiary/aromatic N) is 1. The zero-order valence-electron chi connectivity index (χ0n) is 10.3.